The van der Waals surface area contributed by atoms with Crippen molar-refractivity contribution in [3.05, 3.63) is 12.7 Å². The minimum atomic E-state index is 1.15. The Morgan fingerprint density at radius 1 is 1.50 bits per heavy atom. The van der Waals surface area contributed by atoms with E-state index in [1.165, 1.54) is 6.42 Å². The molecule has 0 aliphatic heterocycles. The molecule has 0 aromatic heterocycles. The zero-order valence-corrected chi connectivity index (χ0v) is 6.11. The largest absolute Gasteiger partial charge is 0.388 e. The third-order valence-electron chi connectivity index (χ3n) is 0.493. The Morgan fingerprint density at radius 3 is 1.88 bits per heavy atom. The predicted octanol–water partition coefficient (Wildman–Crippen LogP) is 2.24. The highest BCUT2D eigenvalue weighted by atomic mass is 16.4. The number of unbranched alkanes of at least 4 members (excludes halogenated alkanes) is 1. The lowest BCUT2D eigenvalue weighted by molar-refractivity contribution is 0.277. The van der Waals surface area contributed by atoms with E-state index in [0.717, 1.165) is 6.42 Å². The van der Waals surface area contributed by atoms with E-state index in [0.29, 0.717) is 0 Å². The number of rotatable bonds is 2. The molecule has 1 nitrogen and oxygen atoms in total. The van der Waals surface area contributed by atoms with Crippen LogP contribution < -0.4 is 0 Å². The summed E-state index contributed by atoms with van der Waals surface area (Å²) in [6, 6.07) is 0. The van der Waals surface area contributed by atoms with E-state index in [2.05, 4.69) is 18.2 Å². The molecule has 0 atom stereocenters. The molecule has 50 valence electrons. The molecule has 0 bridgehead atoms. The molecule has 0 aromatic carbocycles. The fourth-order valence-electron chi connectivity index (χ4n) is 0.204. The van der Waals surface area contributed by atoms with Gasteiger partial charge in [-0.3, -0.25) is 0 Å². The SMILES string of the molecule is C=CCCC.COC. The third kappa shape index (κ3) is 43.6. The first kappa shape index (κ1) is 10.6. The van der Waals surface area contributed by atoms with Gasteiger partial charge in [0.05, 0.1) is 0 Å². The number of hydrogen-bond acceptors (Lipinski definition) is 1. The highest BCUT2D eigenvalue weighted by molar-refractivity contribution is 4.63. The molecule has 0 rings (SSSR count). The second kappa shape index (κ2) is 15.9. The molecular formula is C7H16O. The number of allylic oxidation sites excluding steroid dienone is 1. The molecule has 0 heterocycles. The Bertz CT molecular complexity index is 33.4. The summed E-state index contributed by atoms with van der Waals surface area (Å²) in [7, 11) is 3.25. The Kier molecular flexibility index (Phi) is 21.1. The van der Waals surface area contributed by atoms with Crippen LogP contribution in [0.4, 0.5) is 0 Å². The first-order valence-electron chi connectivity index (χ1n) is 2.84. The zero-order chi connectivity index (χ0) is 6.83. The number of methoxy groups -OCH3 is 1. The Labute approximate surface area is 52.4 Å². The van der Waals surface area contributed by atoms with E-state index in [-0.39, 0.29) is 0 Å². The molecule has 0 fully saturated rings. The van der Waals surface area contributed by atoms with Gasteiger partial charge in [-0.05, 0) is 6.42 Å². The minimum Gasteiger partial charge on any atom is -0.388 e. The standard InChI is InChI=1S/C5H10.C2H6O/c1-3-5-4-2;1-3-2/h3H,1,4-5H2,2H3;1-2H3. The molecular weight excluding hydrogens is 100 g/mol. The van der Waals surface area contributed by atoms with Crippen molar-refractivity contribution in [2.45, 2.75) is 19.8 Å². The van der Waals surface area contributed by atoms with Gasteiger partial charge in [-0.25, -0.2) is 0 Å². The van der Waals surface area contributed by atoms with Crippen LogP contribution in [0.1, 0.15) is 19.8 Å². The van der Waals surface area contributed by atoms with Gasteiger partial charge in [0.15, 0.2) is 0 Å². The van der Waals surface area contributed by atoms with Crippen LogP contribution in [0.2, 0.25) is 0 Å². The summed E-state index contributed by atoms with van der Waals surface area (Å²) in [5.74, 6) is 0. The Balaban J connectivity index is 0. The van der Waals surface area contributed by atoms with Gasteiger partial charge in [0.2, 0.25) is 0 Å². The fraction of sp³-hybridized carbons (Fsp3) is 0.714. The maximum atomic E-state index is 4.25. The van der Waals surface area contributed by atoms with E-state index in [4.69, 9.17) is 0 Å². The van der Waals surface area contributed by atoms with E-state index in [1.54, 1.807) is 14.2 Å². The summed E-state index contributed by atoms with van der Waals surface area (Å²) in [5, 5.41) is 0. The molecule has 1 heteroatoms. The first-order chi connectivity index (χ1) is 3.83. The van der Waals surface area contributed by atoms with Crippen molar-refractivity contribution in [1.82, 2.24) is 0 Å². The second-order valence-corrected chi connectivity index (χ2v) is 1.49. The van der Waals surface area contributed by atoms with Crippen molar-refractivity contribution in [2.75, 3.05) is 14.2 Å². The Morgan fingerprint density at radius 2 is 1.88 bits per heavy atom. The van der Waals surface area contributed by atoms with Crippen LogP contribution in [0.5, 0.6) is 0 Å². The van der Waals surface area contributed by atoms with Gasteiger partial charge in [0.1, 0.15) is 0 Å². The monoisotopic (exact) mass is 116 g/mol. The maximum absolute atomic E-state index is 4.25. The Hall–Kier alpha value is -0.300. The van der Waals surface area contributed by atoms with Gasteiger partial charge >= 0.3 is 0 Å². The van der Waals surface area contributed by atoms with Crippen molar-refractivity contribution < 1.29 is 4.74 Å². The average Bonchev–Trinajstić information content (AvgIpc) is 1.71. The van der Waals surface area contributed by atoms with Crippen LogP contribution in [0, 0.1) is 0 Å². The van der Waals surface area contributed by atoms with Crippen molar-refractivity contribution in [3.8, 4) is 0 Å². The zero-order valence-electron chi connectivity index (χ0n) is 6.11. The minimum absolute atomic E-state index is 1.15. The molecule has 0 saturated heterocycles. The van der Waals surface area contributed by atoms with Crippen molar-refractivity contribution in [2.24, 2.45) is 0 Å². The second-order valence-electron chi connectivity index (χ2n) is 1.49. The first-order valence-corrected chi connectivity index (χ1v) is 2.84. The van der Waals surface area contributed by atoms with Crippen LogP contribution in [0.3, 0.4) is 0 Å². The van der Waals surface area contributed by atoms with Crippen LogP contribution >= 0.6 is 0 Å². The topological polar surface area (TPSA) is 9.23 Å². The molecule has 8 heavy (non-hydrogen) atoms. The summed E-state index contributed by atoms with van der Waals surface area (Å²) >= 11 is 0. The highest BCUT2D eigenvalue weighted by Crippen LogP contribution is 1.82. The summed E-state index contributed by atoms with van der Waals surface area (Å²) in [5.41, 5.74) is 0. The highest BCUT2D eigenvalue weighted by Gasteiger charge is 1.61. The van der Waals surface area contributed by atoms with Crippen LogP contribution in [0.25, 0.3) is 0 Å². The van der Waals surface area contributed by atoms with E-state index >= 15 is 0 Å². The van der Waals surface area contributed by atoms with E-state index < -0.39 is 0 Å². The molecule has 0 unspecified atom stereocenters. The van der Waals surface area contributed by atoms with Gasteiger partial charge in [-0.2, -0.15) is 0 Å². The van der Waals surface area contributed by atoms with Crippen molar-refractivity contribution in [3.63, 3.8) is 0 Å². The van der Waals surface area contributed by atoms with E-state index in [1.807, 2.05) is 6.08 Å². The molecule has 0 amide bonds. The summed E-state index contributed by atoms with van der Waals surface area (Å²) in [6.07, 6.45) is 4.31. The molecule has 0 saturated carbocycles. The van der Waals surface area contributed by atoms with Gasteiger partial charge in [-0.1, -0.05) is 19.4 Å². The number of hydrogen-bond donors (Lipinski definition) is 0. The molecule has 0 aliphatic carbocycles. The lowest BCUT2D eigenvalue weighted by atomic mass is 10.3. The van der Waals surface area contributed by atoms with Crippen molar-refractivity contribution >= 4 is 0 Å². The fourth-order valence-corrected chi connectivity index (χ4v) is 0.204. The molecule has 0 N–H and O–H groups in total. The van der Waals surface area contributed by atoms with Crippen LogP contribution in [-0.4, -0.2) is 14.2 Å². The van der Waals surface area contributed by atoms with Crippen molar-refractivity contribution in [1.29, 1.82) is 0 Å². The van der Waals surface area contributed by atoms with Gasteiger partial charge < -0.3 is 4.74 Å². The smallest absolute Gasteiger partial charge is 0.0351 e. The molecule has 0 radical (unpaired) electrons. The summed E-state index contributed by atoms with van der Waals surface area (Å²) < 4.78 is 4.25. The van der Waals surface area contributed by atoms with Gasteiger partial charge in [0, 0.05) is 14.2 Å². The number of ether oxygens (including phenoxy) is 1. The molecule has 0 spiro atoms. The third-order valence-corrected chi connectivity index (χ3v) is 0.493. The maximum Gasteiger partial charge on any atom is 0.0351 e. The lowest BCUT2D eigenvalue weighted by Gasteiger charge is -1.72. The summed E-state index contributed by atoms with van der Waals surface area (Å²) in [6.45, 7) is 5.69. The van der Waals surface area contributed by atoms with Gasteiger partial charge in [-0.15, -0.1) is 6.58 Å². The quantitative estimate of drug-likeness (QED) is 0.503. The van der Waals surface area contributed by atoms with Crippen LogP contribution in [-0.2, 0) is 4.74 Å². The molecule has 0 aromatic rings. The summed E-state index contributed by atoms with van der Waals surface area (Å²) in [4.78, 5) is 0. The normalized spacial score (nSPS) is 6.88. The average molecular weight is 116 g/mol. The predicted molar refractivity (Wildman–Crippen MR) is 38.0 cm³/mol. The lowest BCUT2D eigenvalue weighted by Crippen LogP contribution is -1.55. The molecule has 0 aliphatic rings. The van der Waals surface area contributed by atoms with Crippen LogP contribution in [0.15, 0.2) is 12.7 Å². The van der Waals surface area contributed by atoms with E-state index in [9.17, 15) is 0 Å². The van der Waals surface area contributed by atoms with Gasteiger partial charge in [0.25, 0.3) is 0 Å².